The summed E-state index contributed by atoms with van der Waals surface area (Å²) in [6.07, 6.45) is 5.28. The minimum atomic E-state index is 0.661. The molecule has 90 valence electrons. The Morgan fingerprint density at radius 2 is 2.06 bits per heavy atom. The lowest BCUT2D eigenvalue weighted by Gasteiger charge is -2.05. The summed E-state index contributed by atoms with van der Waals surface area (Å²) in [7, 11) is 0. The van der Waals surface area contributed by atoms with Crippen LogP contribution in [0.1, 0.15) is 11.3 Å². The van der Waals surface area contributed by atoms with E-state index in [2.05, 4.69) is 30.8 Å². The van der Waals surface area contributed by atoms with E-state index in [4.69, 9.17) is 0 Å². The Hall–Kier alpha value is -1.95. The van der Waals surface area contributed by atoms with Crippen molar-refractivity contribution in [2.75, 3.05) is 18.4 Å². The number of hydrogen-bond acceptors (Lipinski definition) is 5. The van der Waals surface area contributed by atoms with Crippen LogP contribution in [0.25, 0.3) is 0 Å². The molecule has 0 aliphatic rings. The Morgan fingerprint density at radius 1 is 1.24 bits per heavy atom. The van der Waals surface area contributed by atoms with Gasteiger partial charge in [-0.2, -0.15) is 5.10 Å². The highest BCUT2D eigenvalue weighted by Crippen LogP contribution is 2.00. The Labute approximate surface area is 99.9 Å². The molecular formula is C11H16N6. The van der Waals surface area contributed by atoms with Crippen molar-refractivity contribution >= 4 is 5.95 Å². The summed E-state index contributed by atoms with van der Waals surface area (Å²) in [5.74, 6) is 0.661. The summed E-state index contributed by atoms with van der Waals surface area (Å²) in [6.45, 7) is 4.48. The lowest BCUT2D eigenvalue weighted by Crippen LogP contribution is -2.22. The van der Waals surface area contributed by atoms with Crippen LogP contribution in [0.15, 0.2) is 24.7 Å². The first kappa shape index (κ1) is 11.5. The quantitative estimate of drug-likeness (QED) is 0.639. The lowest BCUT2D eigenvalue weighted by atomic mass is 10.2. The fraction of sp³-hybridized carbons (Fsp3) is 0.364. The molecule has 0 radical (unpaired) electrons. The summed E-state index contributed by atoms with van der Waals surface area (Å²) < 4.78 is 0. The van der Waals surface area contributed by atoms with E-state index in [1.54, 1.807) is 18.5 Å². The third-order valence-electron chi connectivity index (χ3n) is 2.40. The molecule has 0 aromatic carbocycles. The van der Waals surface area contributed by atoms with Gasteiger partial charge in [0.15, 0.2) is 0 Å². The van der Waals surface area contributed by atoms with E-state index in [-0.39, 0.29) is 0 Å². The highest BCUT2D eigenvalue weighted by molar-refractivity contribution is 5.21. The predicted octanol–water partition coefficient (Wildman–Crippen LogP) is 0.710. The van der Waals surface area contributed by atoms with Gasteiger partial charge in [-0.15, -0.1) is 0 Å². The average Bonchev–Trinajstić information content (AvgIpc) is 2.76. The zero-order chi connectivity index (χ0) is 11.9. The van der Waals surface area contributed by atoms with Gasteiger partial charge in [-0.25, -0.2) is 9.97 Å². The van der Waals surface area contributed by atoms with Gasteiger partial charge in [-0.05, 0) is 13.0 Å². The van der Waals surface area contributed by atoms with Gasteiger partial charge in [0.05, 0.1) is 6.20 Å². The lowest BCUT2D eigenvalue weighted by molar-refractivity contribution is 0.702. The largest absolute Gasteiger partial charge is 0.353 e. The molecule has 17 heavy (non-hydrogen) atoms. The third-order valence-corrected chi connectivity index (χ3v) is 2.40. The van der Waals surface area contributed by atoms with Crippen molar-refractivity contribution in [1.82, 2.24) is 25.5 Å². The van der Waals surface area contributed by atoms with E-state index in [1.165, 1.54) is 5.56 Å². The Kier molecular flexibility index (Phi) is 4.04. The van der Waals surface area contributed by atoms with Crippen molar-refractivity contribution in [3.05, 3.63) is 35.9 Å². The van der Waals surface area contributed by atoms with Crippen molar-refractivity contribution in [3.8, 4) is 0 Å². The maximum atomic E-state index is 4.08. The standard InChI is InChI=1S/C11H16N6/c1-9-10(8-16-17-9)7-12-5-6-15-11-13-3-2-4-14-11/h2-4,8,12H,5-7H2,1H3,(H,16,17)(H,13,14,15). The van der Waals surface area contributed by atoms with Crippen LogP contribution in [0.3, 0.4) is 0 Å². The number of rotatable bonds is 6. The highest BCUT2D eigenvalue weighted by atomic mass is 15.1. The second-order valence-corrected chi connectivity index (χ2v) is 3.70. The van der Waals surface area contributed by atoms with Crippen molar-refractivity contribution < 1.29 is 0 Å². The first-order chi connectivity index (χ1) is 8.36. The average molecular weight is 232 g/mol. The van der Waals surface area contributed by atoms with E-state index in [9.17, 15) is 0 Å². The number of aromatic nitrogens is 4. The summed E-state index contributed by atoms with van der Waals surface area (Å²) in [4.78, 5) is 8.15. The van der Waals surface area contributed by atoms with Crippen molar-refractivity contribution in [2.24, 2.45) is 0 Å². The van der Waals surface area contributed by atoms with Crippen LogP contribution in [0.5, 0.6) is 0 Å². The van der Waals surface area contributed by atoms with E-state index < -0.39 is 0 Å². The SMILES string of the molecule is Cc1[nH]ncc1CNCCNc1ncccn1. The van der Waals surface area contributed by atoms with Crippen LogP contribution in [0.2, 0.25) is 0 Å². The van der Waals surface area contributed by atoms with Crippen LogP contribution in [-0.4, -0.2) is 33.3 Å². The molecule has 0 bridgehead atoms. The van der Waals surface area contributed by atoms with Crippen LogP contribution < -0.4 is 10.6 Å². The van der Waals surface area contributed by atoms with Crippen LogP contribution in [0.4, 0.5) is 5.95 Å². The van der Waals surface area contributed by atoms with Gasteiger partial charge in [0, 0.05) is 43.3 Å². The first-order valence-electron chi connectivity index (χ1n) is 5.56. The topological polar surface area (TPSA) is 78.5 Å². The van der Waals surface area contributed by atoms with E-state index in [0.29, 0.717) is 5.95 Å². The van der Waals surface area contributed by atoms with Gasteiger partial charge in [0.1, 0.15) is 0 Å². The molecule has 0 unspecified atom stereocenters. The van der Waals surface area contributed by atoms with E-state index >= 15 is 0 Å². The van der Waals surface area contributed by atoms with Gasteiger partial charge in [-0.1, -0.05) is 0 Å². The number of nitrogens with one attached hydrogen (secondary N) is 3. The monoisotopic (exact) mass is 232 g/mol. The van der Waals surface area contributed by atoms with Crippen LogP contribution in [0, 0.1) is 6.92 Å². The summed E-state index contributed by atoms with van der Waals surface area (Å²) in [5, 5.41) is 13.3. The molecule has 0 fully saturated rings. The Morgan fingerprint density at radius 3 is 2.76 bits per heavy atom. The fourth-order valence-electron chi connectivity index (χ4n) is 1.43. The van der Waals surface area contributed by atoms with E-state index in [1.807, 2.05) is 13.1 Å². The molecule has 2 heterocycles. The molecule has 0 saturated heterocycles. The Bertz CT molecular complexity index is 438. The second-order valence-electron chi connectivity index (χ2n) is 3.70. The molecule has 3 N–H and O–H groups in total. The van der Waals surface area contributed by atoms with Gasteiger partial charge in [-0.3, -0.25) is 5.10 Å². The third kappa shape index (κ3) is 3.53. The second kappa shape index (κ2) is 5.95. The molecule has 6 heteroatoms. The van der Waals surface area contributed by atoms with Crippen molar-refractivity contribution in [1.29, 1.82) is 0 Å². The molecule has 0 aliphatic heterocycles. The molecule has 0 atom stereocenters. The van der Waals surface area contributed by atoms with E-state index in [0.717, 1.165) is 25.3 Å². The minimum absolute atomic E-state index is 0.661. The summed E-state index contributed by atoms with van der Waals surface area (Å²) in [5.41, 5.74) is 2.30. The molecule has 0 saturated carbocycles. The van der Waals surface area contributed by atoms with Crippen LogP contribution >= 0.6 is 0 Å². The van der Waals surface area contributed by atoms with Gasteiger partial charge < -0.3 is 10.6 Å². The van der Waals surface area contributed by atoms with Gasteiger partial charge in [0.25, 0.3) is 0 Å². The number of H-pyrrole nitrogens is 1. The number of hydrogen-bond donors (Lipinski definition) is 3. The molecule has 0 amide bonds. The maximum absolute atomic E-state index is 4.08. The highest BCUT2D eigenvalue weighted by Gasteiger charge is 1.98. The molecule has 2 rings (SSSR count). The fourth-order valence-corrected chi connectivity index (χ4v) is 1.43. The molecule has 2 aromatic heterocycles. The molecular weight excluding hydrogens is 216 g/mol. The predicted molar refractivity (Wildman–Crippen MR) is 65.6 cm³/mol. The van der Waals surface area contributed by atoms with Gasteiger partial charge in [0.2, 0.25) is 5.95 Å². The first-order valence-corrected chi connectivity index (χ1v) is 5.56. The number of aryl methyl sites for hydroxylation is 1. The van der Waals surface area contributed by atoms with Crippen molar-refractivity contribution in [3.63, 3.8) is 0 Å². The van der Waals surface area contributed by atoms with Crippen molar-refractivity contribution in [2.45, 2.75) is 13.5 Å². The summed E-state index contributed by atoms with van der Waals surface area (Å²) in [6, 6.07) is 1.80. The molecule has 2 aromatic rings. The van der Waals surface area contributed by atoms with Crippen LogP contribution in [-0.2, 0) is 6.54 Å². The smallest absolute Gasteiger partial charge is 0.222 e. The molecule has 0 aliphatic carbocycles. The Balaban J connectivity index is 1.63. The van der Waals surface area contributed by atoms with Gasteiger partial charge >= 0.3 is 0 Å². The summed E-state index contributed by atoms with van der Waals surface area (Å²) >= 11 is 0. The number of anilines is 1. The zero-order valence-corrected chi connectivity index (χ0v) is 9.77. The molecule has 6 nitrogen and oxygen atoms in total. The zero-order valence-electron chi connectivity index (χ0n) is 9.77. The number of aromatic amines is 1. The number of nitrogens with zero attached hydrogens (tertiary/aromatic N) is 3. The normalized spacial score (nSPS) is 10.4. The maximum Gasteiger partial charge on any atom is 0.222 e. The minimum Gasteiger partial charge on any atom is -0.353 e. The molecule has 0 spiro atoms.